The monoisotopic (exact) mass is 424 g/mol. The van der Waals surface area contributed by atoms with Gasteiger partial charge in [-0.3, -0.25) is 9.59 Å². The summed E-state index contributed by atoms with van der Waals surface area (Å²) in [7, 11) is 0. The number of ether oxygens (including phenoxy) is 4. The van der Waals surface area contributed by atoms with Crippen LogP contribution in [0.3, 0.4) is 0 Å². The fourth-order valence-corrected chi connectivity index (χ4v) is 5.92. The van der Waals surface area contributed by atoms with Gasteiger partial charge in [0.1, 0.15) is 30.5 Å². The predicted molar refractivity (Wildman–Crippen MR) is 104 cm³/mol. The van der Waals surface area contributed by atoms with Gasteiger partial charge >= 0.3 is 11.9 Å². The molecule has 3 fully saturated rings. The van der Waals surface area contributed by atoms with E-state index in [0.29, 0.717) is 19.4 Å². The van der Waals surface area contributed by atoms with E-state index < -0.39 is 52.9 Å². The maximum Gasteiger partial charge on any atom is 0.306 e. The van der Waals surface area contributed by atoms with Crippen LogP contribution >= 0.6 is 0 Å². The lowest BCUT2D eigenvalue weighted by Crippen LogP contribution is -2.67. The van der Waals surface area contributed by atoms with Crippen molar-refractivity contribution in [3.8, 4) is 0 Å². The molecule has 1 saturated carbocycles. The van der Waals surface area contributed by atoms with Gasteiger partial charge in [-0.1, -0.05) is 26.8 Å². The molecule has 1 spiro atoms. The third-order valence-electron chi connectivity index (χ3n) is 7.74. The second-order valence-corrected chi connectivity index (χ2v) is 9.92. The number of hydrogen-bond acceptors (Lipinski definition) is 8. The first kappa shape index (κ1) is 21.7. The smallest absolute Gasteiger partial charge is 0.306 e. The van der Waals surface area contributed by atoms with E-state index in [0.717, 1.165) is 5.57 Å². The van der Waals surface area contributed by atoms with Gasteiger partial charge in [-0.15, -0.1) is 0 Å². The van der Waals surface area contributed by atoms with E-state index >= 15 is 0 Å². The summed E-state index contributed by atoms with van der Waals surface area (Å²) in [5.74, 6) is -0.584. The van der Waals surface area contributed by atoms with Crippen molar-refractivity contribution in [3.05, 3.63) is 11.6 Å². The molecule has 168 valence electrons. The second-order valence-electron chi connectivity index (χ2n) is 9.92. The largest absolute Gasteiger partial charge is 0.465 e. The third-order valence-corrected chi connectivity index (χ3v) is 7.74. The van der Waals surface area contributed by atoms with E-state index in [9.17, 15) is 19.8 Å². The maximum atomic E-state index is 12.4. The molecule has 2 heterocycles. The minimum absolute atomic E-state index is 0.0346. The van der Waals surface area contributed by atoms with Crippen LogP contribution in [0.1, 0.15) is 47.5 Å². The molecule has 8 nitrogen and oxygen atoms in total. The zero-order valence-electron chi connectivity index (χ0n) is 18.2. The molecule has 2 bridgehead atoms. The van der Waals surface area contributed by atoms with Gasteiger partial charge < -0.3 is 29.2 Å². The molecule has 2 aliphatic carbocycles. The number of aliphatic hydroxyl groups is 2. The molecule has 0 unspecified atom stereocenters. The molecule has 0 aromatic rings. The average Bonchev–Trinajstić information content (AvgIpc) is 3.43. The van der Waals surface area contributed by atoms with Crippen molar-refractivity contribution in [3.63, 3.8) is 0 Å². The van der Waals surface area contributed by atoms with Crippen LogP contribution in [0, 0.1) is 16.7 Å². The van der Waals surface area contributed by atoms with E-state index in [1.807, 2.05) is 33.8 Å². The van der Waals surface area contributed by atoms with Gasteiger partial charge in [-0.25, -0.2) is 0 Å². The highest BCUT2D eigenvalue weighted by molar-refractivity contribution is 5.70. The van der Waals surface area contributed by atoms with Crippen molar-refractivity contribution in [2.75, 3.05) is 13.2 Å². The van der Waals surface area contributed by atoms with Crippen LogP contribution in [-0.2, 0) is 28.5 Å². The Morgan fingerprint density at radius 2 is 2.00 bits per heavy atom. The molecule has 0 amide bonds. The summed E-state index contributed by atoms with van der Waals surface area (Å²) in [5, 5.41) is 21.9. The van der Waals surface area contributed by atoms with Crippen molar-refractivity contribution >= 4 is 11.9 Å². The number of epoxide rings is 1. The summed E-state index contributed by atoms with van der Waals surface area (Å²) in [6, 6.07) is 0. The van der Waals surface area contributed by atoms with Gasteiger partial charge in [-0.2, -0.15) is 0 Å². The first-order valence-corrected chi connectivity index (χ1v) is 10.7. The lowest BCUT2D eigenvalue weighted by molar-refractivity contribution is -0.239. The predicted octanol–water partition coefficient (Wildman–Crippen LogP) is 1.12. The number of esters is 2. The molecule has 0 aromatic carbocycles. The molecule has 30 heavy (non-hydrogen) atoms. The molecular weight excluding hydrogens is 392 g/mol. The van der Waals surface area contributed by atoms with E-state index in [1.165, 1.54) is 6.92 Å². The van der Waals surface area contributed by atoms with Crippen molar-refractivity contribution in [2.45, 2.75) is 83.6 Å². The number of rotatable bonds is 5. The molecule has 8 atom stereocenters. The fraction of sp³-hybridized carbons (Fsp3) is 0.818. The number of hydrogen-bond donors (Lipinski definition) is 2. The lowest BCUT2D eigenvalue weighted by atomic mass is 9.51. The van der Waals surface area contributed by atoms with Crippen molar-refractivity contribution < 1.29 is 38.7 Å². The normalized spacial score (nSPS) is 46.4. The van der Waals surface area contributed by atoms with Crippen LogP contribution in [0.4, 0.5) is 0 Å². The average molecular weight is 424 g/mol. The van der Waals surface area contributed by atoms with Crippen LogP contribution < -0.4 is 0 Å². The minimum Gasteiger partial charge on any atom is -0.465 e. The molecule has 2 N–H and O–H groups in total. The first-order valence-electron chi connectivity index (χ1n) is 10.7. The summed E-state index contributed by atoms with van der Waals surface area (Å²) >= 11 is 0. The van der Waals surface area contributed by atoms with Gasteiger partial charge in [0.25, 0.3) is 0 Å². The summed E-state index contributed by atoms with van der Waals surface area (Å²) < 4.78 is 23.4. The number of aliphatic hydroxyl groups excluding tert-OH is 2. The molecule has 8 heteroatoms. The highest BCUT2D eigenvalue weighted by atomic mass is 16.6. The molecule has 2 aliphatic heterocycles. The minimum atomic E-state index is -1.13. The molecule has 4 aliphatic rings. The number of carbonyl (C=O) groups is 2. The lowest BCUT2D eigenvalue weighted by Gasteiger charge is -2.58. The van der Waals surface area contributed by atoms with Crippen LogP contribution in [0.2, 0.25) is 0 Å². The topological polar surface area (TPSA) is 115 Å². The second kappa shape index (κ2) is 7.02. The Morgan fingerprint density at radius 3 is 2.57 bits per heavy atom. The fourth-order valence-electron chi connectivity index (χ4n) is 5.92. The molecule has 0 aromatic heterocycles. The van der Waals surface area contributed by atoms with E-state index in [-0.39, 0.29) is 18.5 Å². The van der Waals surface area contributed by atoms with Crippen molar-refractivity contribution in [1.82, 2.24) is 0 Å². The molecule has 4 rings (SSSR count). The van der Waals surface area contributed by atoms with Gasteiger partial charge in [-0.05, 0) is 18.4 Å². The van der Waals surface area contributed by atoms with Crippen molar-refractivity contribution in [2.24, 2.45) is 16.7 Å². The standard InChI is InChI=1S/C22H32O8/c1-11(2)6-16(24)29-14-8-21(9-27-13(4)23)15(7-12(14)3)30-19-17(25)18(26)20(21,5)22(19)10-28-22/h7,11,14-15,17-19,25-26H,6,8-10H2,1-5H3/t14-,15+,17-,18+,19+,20+,21+,22+/m1/s1. The van der Waals surface area contributed by atoms with Crippen LogP contribution in [0.5, 0.6) is 0 Å². The Kier molecular flexibility index (Phi) is 5.09. The van der Waals surface area contributed by atoms with Crippen LogP contribution in [0.15, 0.2) is 11.6 Å². The Balaban J connectivity index is 1.75. The highest BCUT2D eigenvalue weighted by Crippen LogP contribution is 2.71. The summed E-state index contributed by atoms with van der Waals surface area (Å²) in [5.41, 5.74) is -1.89. The quantitative estimate of drug-likeness (QED) is 0.383. The van der Waals surface area contributed by atoms with Gasteiger partial charge in [0.05, 0.1) is 18.8 Å². The van der Waals surface area contributed by atoms with E-state index in [1.54, 1.807) is 0 Å². The summed E-state index contributed by atoms with van der Waals surface area (Å²) in [6.07, 6.45) is -1.50. The number of fused-ring (bicyclic) bond motifs is 2. The Labute approximate surface area is 176 Å². The third kappa shape index (κ3) is 2.80. The Morgan fingerprint density at radius 1 is 1.33 bits per heavy atom. The Hall–Kier alpha value is -1.48. The van der Waals surface area contributed by atoms with E-state index in [4.69, 9.17) is 18.9 Å². The molecule has 0 radical (unpaired) electrons. The van der Waals surface area contributed by atoms with Crippen molar-refractivity contribution in [1.29, 1.82) is 0 Å². The Bertz CT molecular complexity index is 771. The van der Waals surface area contributed by atoms with Crippen LogP contribution in [0.25, 0.3) is 0 Å². The summed E-state index contributed by atoms with van der Waals surface area (Å²) in [4.78, 5) is 24.1. The molecular formula is C22H32O8. The van der Waals surface area contributed by atoms with E-state index in [2.05, 4.69) is 0 Å². The zero-order chi connectivity index (χ0) is 22.1. The molecule has 2 saturated heterocycles. The zero-order valence-corrected chi connectivity index (χ0v) is 18.2. The van der Waals surface area contributed by atoms with Gasteiger partial charge in [0.2, 0.25) is 0 Å². The number of carbonyl (C=O) groups excluding carboxylic acids is 2. The SMILES string of the molecule is CC(=O)OC[C@@]12C[C@@H](OC(=O)CC(C)C)C(C)=C[C@@H]1O[C@H]1[C@H](O)[C@H](O)[C@]2(C)[C@]12CO2. The van der Waals surface area contributed by atoms with Crippen LogP contribution in [-0.4, -0.2) is 71.5 Å². The maximum absolute atomic E-state index is 12.4. The van der Waals surface area contributed by atoms with Gasteiger partial charge in [0, 0.05) is 30.6 Å². The van der Waals surface area contributed by atoms with Gasteiger partial charge in [0.15, 0.2) is 0 Å². The first-order chi connectivity index (χ1) is 14.0. The highest BCUT2D eigenvalue weighted by Gasteiger charge is 2.85. The summed E-state index contributed by atoms with van der Waals surface area (Å²) in [6.45, 7) is 9.28.